The third-order valence-electron chi connectivity index (χ3n) is 4.58. The number of alkyl halides is 1. The van der Waals surface area contributed by atoms with E-state index in [0.717, 1.165) is 44.8 Å². The van der Waals surface area contributed by atoms with Gasteiger partial charge in [-0.15, -0.1) is 0 Å². The van der Waals surface area contributed by atoms with Crippen LogP contribution in [0.2, 0.25) is 0 Å². The molecule has 1 N–H and O–H groups in total. The van der Waals surface area contributed by atoms with Crippen LogP contribution >= 0.6 is 0 Å². The molecule has 1 aromatic rings. The van der Waals surface area contributed by atoms with Crippen LogP contribution in [0.3, 0.4) is 0 Å². The zero-order chi connectivity index (χ0) is 15.5. The van der Waals surface area contributed by atoms with Gasteiger partial charge in [-0.25, -0.2) is 4.39 Å². The summed E-state index contributed by atoms with van der Waals surface area (Å²) in [7, 11) is 0. The van der Waals surface area contributed by atoms with Gasteiger partial charge in [0.1, 0.15) is 6.17 Å². The molecule has 0 amide bonds. The molecule has 0 spiro atoms. The maximum absolute atomic E-state index is 14.0. The Morgan fingerprint density at radius 3 is 2.45 bits per heavy atom. The predicted octanol–water partition coefficient (Wildman–Crippen LogP) is 1.42. The van der Waals surface area contributed by atoms with E-state index in [4.69, 9.17) is 0 Å². The van der Waals surface area contributed by atoms with Crippen LogP contribution in [0.15, 0.2) is 24.3 Å². The Labute approximate surface area is 129 Å². The smallest absolute Gasteiger partial charge is 0.269 e. The van der Waals surface area contributed by atoms with E-state index < -0.39 is 6.17 Å². The number of nitro groups is 1. The van der Waals surface area contributed by atoms with E-state index in [1.54, 1.807) is 12.1 Å². The van der Waals surface area contributed by atoms with Gasteiger partial charge in [-0.2, -0.15) is 0 Å². The fourth-order valence-corrected chi connectivity index (χ4v) is 3.32. The van der Waals surface area contributed by atoms with Crippen LogP contribution in [0.5, 0.6) is 0 Å². The zero-order valence-corrected chi connectivity index (χ0v) is 12.4. The number of rotatable bonds is 3. The van der Waals surface area contributed by atoms with Gasteiger partial charge >= 0.3 is 0 Å². The van der Waals surface area contributed by atoms with Gasteiger partial charge in [-0.1, -0.05) is 0 Å². The summed E-state index contributed by atoms with van der Waals surface area (Å²) in [6.07, 6.45) is 0.0679. The Kier molecular flexibility index (Phi) is 4.54. The number of anilines is 1. The topological polar surface area (TPSA) is 61.7 Å². The summed E-state index contributed by atoms with van der Waals surface area (Å²) in [6.45, 7) is 4.66. The molecule has 22 heavy (non-hydrogen) atoms. The van der Waals surface area contributed by atoms with Crippen molar-refractivity contribution >= 4 is 11.4 Å². The zero-order valence-electron chi connectivity index (χ0n) is 12.4. The highest BCUT2D eigenvalue weighted by Crippen LogP contribution is 2.23. The number of hydrogen-bond donors (Lipinski definition) is 1. The molecule has 0 saturated carbocycles. The minimum Gasteiger partial charge on any atom is -0.369 e. The quantitative estimate of drug-likeness (QED) is 0.676. The Bertz CT molecular complexity index is 517. The second-order valence-electron chi connectivity index (χ2n) is 5.87. The number of hydrogen-bond acceptors (Lipinski definition) is 5. The summed E-state index contributed by atoms with van der Waals surface area (Å²) < 4.78 is 14.0. The third-order valence-corrected chi connectivity index (χ3v) is 4.58. The Hall–Kier alpha value is -1.73. The molecule has 1 aromatic carbocycles. The number of non-ortho nitro benzene ring substituents is 1. The van der Waals surface area contributed by atoms with Crippen molar-refractivity contribution in [1.82, 2.24) is 10.2 Å². The Morgan fingerprint density at radius 2 is 1.86 bits per heavy atom. The van der Waals surface area contributed by atoms with Crippen LogP contribution in [0.4, 0.5) is 15.8 Å². The van der Waals surface area contributed by atoms with Crippen LogP contribution < -0.4 is 10.2 Å². The minimum atomic E-state index is -0.792. The molecule has 120 valence electrons. The highest BCUT2D eigenvalue weighted by molar-refractivity contribution is 5.51. The molecular weight excluding hydrogens is 287 g/mol. The molecule has 2 saturated heterocycles. The van der Waals surface area contributed by atoms with Crippen molar-refractivity contribution in [3.63, 3.8) is 0 Å². The van der Waals surface area contributed by atoms with Crippen molar-refractivity contribution in [3.05, 3.63) is 34.4 Å². The molecule has 6 nitrogen and oxygen atoms in total. The van der Waals surface area contributed by atoms with Crippen molar-refractivity contribution in [1.29, 1.82) is 0 Å². The Morgan fingerprint density at radius 1 is 1.18 bits per heavy atom. The van der Waals surface area contributed by atoms with Crippen molar-refractivity contribution in [2.45, 2.75) is 18.6 Å². The first-order valence-corrected chi connectivity index (χ1v) is 7.73. The average Bonchev–Trinajstić information content (AvgIpc) is 2.56. The molecule has 0 unspecified atom stereocenters. The molecule has 0 bridgehead atoms. The van der Waals surface area contributed by atoms with E-state index in [0.29, 0.717) is 6.54 Å². The van der Waals surface area contributed by atoms with Gasteiger partial charge in [-0.05, 0) is 25.1 Å². The molecule has 2 heterocycles. The summed E-state index contributed by atoms with van der Waals surface area (Å²) in [5.74, 6) is 0. The summed E-state index contributed by atoms with van der Waals surface area (Å²) in [4.78, 5) is 14.7. The monoisotopic (exact) mass is 308 g/mol. The van der Waals surface area contributed by atoms with Gasteiger partial charge in [-0.3, -0.25) is 15.0 Å². The van der Waals surface area contributed by atoms with Crippen molar-refractivity contribution in [2.75, 3.05) is 44.2 Å². The van der Waals surface area contributed by atoms with Gasteiger partial charge < -0.3 is 10.2 Å². The van der Waals surface area contributed by atoms with Gasteiger partial charge in [0, 0.05) is 56.6 Å². The van der Waals surface area contributed by atoms with E-state index >= 15 is 0 Å². The standard InChI is InChI=1S/C15H21FN4O2/c16-14-11-17-6-5-15(14)19-9-7-18(8-10-19)12-1-3-13(4-2-12)20(21)22/h1-4,14-15,17H,5-11H2/t14-,15+/m0/s1. The van der Waals surface area contributed by atoms with Crippen molar-refractivity contribution < 1.29 is 9.31 Å². The number of piperazine rings is 1. The number of halogens is 1. The first kappa shape index (κ1) is 15.2. The van der Waals surface area contributed by atoms with Gasteiger partial charge in [0.25, 0.3) is 5.69 Å². The van der Waals surface area contributed by atoms with Crippen molar-refractivity contribution in [2.24, 2.45) is 0 Å². The summed E-state index contributed by atoms with van der Waals surface area (Å²) in [5.41, 5.74) is 1.10. The van der Waals surface area contributed by atoms with Gasteiger partial charge in [0.05, 0.1) is 4.92 Å². The van der Waals surface area contributed by atoms with E-state index in [1.807, 2.05) is 0 Å². The molecule has 0 radical (unpaired) electrons. The maximum atomic E-state index is 14.0. The lowest BCUT2D eigenvalue weighted by Gasteiger charge is -2.42. The fourth-order valence-electron chi connectivity index (χ4n) is 3.32. The first-order valence-electron chi connectivity index (χ1n) is 7.73. The molecule has 0 aromatic heterocycles. The second kappa shape index (κ2) is 6.58. The highest BCUT2D eigenvalue weighted by atomic mass is 19.1. The first-order chi connectivity index (χ1) is 10.6. The number of piperidine rings is 1. The third kappa shape index (κ3) is 3.20. The lowest BCUT2D eigenvalue weighted by atomic mass is 10.0. The van der Waals surface area contributed by atoms with E-state index in [9.17, 15) is 14.5 Å². The lowest BCUT2D eigenvalue weighted by molar-refractivity contribution is -0.384. The summed E-state index contributed by atoms with van der Waals surface area (Å²) >= 11 is 0. The van der Waals surface area contributed by atoms with Gasteiger partial charge in [0.2, 0.25) is 0 Å². The normalized spacial score (nSPS) is 26.9. The number of benzene rings is 1. The molecule has 0 aliphatic carbocycles. The number of nitro benzene ring substituents is 1. The predicted molar refractivity (Wildman–Crippen MR) is 83.1 cm³/mol. The van der Waals surface area contributed by atoms with E-state index in [2.05, 4.69) is 15.1 Å². The highest BCUT2D eigenvalue weighted by Gasteiger charge is 2.32. The van der Waals surface area contributed by atoms with E-state index in [-0.39, 0.29) is 16.7 Å². The lowest BCUT2D eigenvalue weighted by Crippen LogP contribution is -2.57. The molecule has 2 aliphatic rings. The maximum Gasteiger partial charge on any atom is 0.269 e. The Balaban J connectivity index is 1.58. The molecule has 2 fully saturated rings. The van der Waals surface area contributed by atoms with Crippen LogP contribution in [0, 0.1) is 10.1 Å². The van der Waals surface area contributed by atoms with E-state index in [1.165, 1.54) is 12.1 Å². The summed E-state index contributed by atoms with van der Waals surface area (Å²) in [5, 5.41) is 13.8. The largest absolute Gasteiger partial charge is 0.369 e. The molecule has 2 aliphatic heterocycles. The van der Waals surface area contributed by atoms with Crippen LogP contribution in [-0.4, -0.2) is 61.3 Å². The van der Waals surface area contributed by atoms with Crippen LogP contribution in [0.1, 0.15) is 6.42 Å². The van der Waals surface area contributed by atoms with Crippen LogP contribution in [0.25, 0.3) is 0 Å². The number of nitrogens with one attached hydrogen (secondary N) is 1. The summed E-state index contributed by atoms with van der Waals surface area (Å²) in [6, 6.07) is 6.67. The SMILES string of the molecule is O=[N+]([O-])c1ccc(N2CCN([C@@H]3CCNC[C@@H]3F)CC2)cc1. The molecular formula is C15H21FN4O2. The fraction of sp³-hybridized carbons (Fsp3) is 0.600. The average molecular weight is 308 g/mol. The number of nitrogens with zero attached hydrogens (tertiary/aromatic N) is 3. The van der Waals surface area contributed by atoms with Crippen molar-refractivity contribution in [3.8, 4) is 0 Å². The molecule has 3 rings (SSSR count). The van der Waals surface area contributed by atoms with Gasteiger partial charge in [0.15, 0.2) is 0 Å². The molecule has 2 atom stereocenters. The molecule has 7 heteroatoms. The van der Waals surface area contributed by atoms with Crippen LogP contribution in [-0.2, 0) is 0 Å². The minimum absolute atomic E-state index is 0.0280. The second-order valence-corrected chi connectivity index (χ2v) is 5.87.